The van der Waals surface area contributed by atoms with Crippen molar-refractivity contribution in [2.24, 2.45) is 0 Å². The number of benzene rings is 1. The SMILES string of the molecule is O=C(c1c[nH]c2ccccc12)N1CCC(F)(F)CC1. The first kappa shape index (κ1) is 12.1. The third kappa shape index (κ3) is 2.20. The number of alkyl halides is 2. The standard InChI is InChI=1S/C14H14F2N2O/c15-14(16)5-7-18(8-6-14)13(19)11-9-17-12-4-2-1-3-10(11)12/h1-4,9,17H,5-8H2. The van der Waals surface area contributed by atoms with Crippen molar-refractivity contribution in [2.45, 2.75) is 18.8 Å². The Hall–Kier alpha value is -1.91. The van der Waals surface area contributed by atoms with E-state index in [-0.39, 0.29) is 31.8 Å². The number of fused-ring (bicyclic) bond motifs is 1. The Kier molecular flexibility index (Phi) is 2.77. The molecule has 0 saturated carbocycles. The topological polar surface area (TPSA) is 36.1 Å². The van der Waals surface area contributed by atoms with Crippen LogP contribution >= 0.6 is 0 Å². The molecule has 1 aliphatic rings. The van der Waals surface area contributed by atoms with Crippen LogP contribution in [-0.4, -0.2) is 34.8 Å². The Morgan fingerprint density at radius 2 is 1.89 bits per heavy atom. The second-order valence-corrected chi connectivity index (χ2v) is 4.90. The number of amides is 1. The molecule has 0 aliphatic carbocycles. The molecule has 3 nitrogen and oxygen atoms in total. The van der Waals surface area contributed by atoms with Gasteiger partial charge in [0.1, 0.15) is 0 Å². The van der Waals surface area contributed by atoms with Crippen LogP contribution in [0.15, 0.2) is 30.5 Å². The van der Waals surface area contributed by atoms with E-state index in [0.717, 1.165) is 10.9 Å². The smallest absolute Gasteiger partial charge is 0.256 e. The normalized spacial score (nSPS) is 18.7. The zero-order valence-corrected chi connectivity index (χ0v) is 10.3. The first-order valence-corrected chi connectivity index (χ1v) is 6.30. The maximum absolute atomic E-state index is 13.1. The van der Waals surface area contributed by atoms with E-state index in [4.69, 9.17) is 0 Å². The number of piperidine rings is 1. The minimum atomic E-state index is -2.63. The highest BCUT2D eigenvalue weighted by molar-refractivity contribution is 6.06. The molecule has 19 heavy (non-hydrogen) atoms. The molecule has 0 spiro atoms. The zero-order valence-electron chi connectivity index (χ0n) is 10.3. The molecule has 0 atom stereocenters. The fraction of sp³-hybridized carbons (Fsp3) is 0.357. The summed E-state index contributed by atoms with van der Waals surface area (Å²) in [5.74, 6) is -2.80. The first-order valence-electron chi connectivity index (χ1n) is 6.30. The Labute approximate surface area is 109 Å². The molecule has 1 saturated heterocycles. The summed E-state index contributed by atoms with van der Waals surface area (Å²) in [6.07, 6.45) is 1.15. The predicted molar refractivity (Wildman–Crippen MR) is 68.4 cm³/mol. The zero-order chi connectivity index (χ0) is 13.5. The van der Waals surface area contributed by atoms with Gasteiger partial charge in [0.15, 0.2) is 0 Å². The minimum Gasteiger partial charge on any atom is -0.360 e. The van der Waals surface area contributed by atoms with E-state index in [1.807, 2.05) is 24.3 Å². The maximum Gasteiger partial charge on any atom is 0.256 e. The highest BCUT2D eigenvalue weighted by Crippen LogP contribution is 2.29. The van der Waals surface area contributed by atoms with Gasteiger partial charge < -0.3 is 9.88 Å². The number of aromatic nitrogens is 1. The van der Waals surface area contributed by atoms with Crippen molar-refractivity contribution >= 4 is 16.8 Å². The number of nitrogens with one attached hydrogen (secondary N) is 1. The fourth-order valence-corrected chi connectivity index (χ4v) is 2.46. The Morgan fingerprint density at radius 3 is 2.63 bits per heavy atom. The average Bonchev–Trinajstić information content (AvgIpc) is 2.82. The van der Waals surface area contributed by atoms with Crippen LogP contribution in [0.25, 0.3) is 10.9 Å². The number of rotatable bonds is 1. The molecule has 1 amide bonds. The van der Waals surface area contributed by atoms with Crippen LogP contribution in [-0.2, 0) is 0 Å². The minimum absolute atomic E-state index is 0.116. The molecule has 100 valence electrons. The summed E-state index contributed by atoms with van der Waals surface area (Å²) in [5.41, 5.74) is 1.44. The number of hydrogen-bond acceptors (Lipinski definition) is 1. The van der Waals surface area contributed by atoms with E-state index in [9.17, 15) is 13.6 Å². The van der Waals surface area contributed by atoms with Crippen molar-refractivity contribution < 1.29 is 13.6 Å². The number of nitrogens with zero attached hydrogens (tertiary/aromatic N) is 1. The third-order valence-corrected chi connectivity index (χ3v) is 3.60. The summed E-state index contributed by atoms with van der Waals surface area (Å²) >= 11 is 0. The quantitative estimate of drug-likeness (QED) is 0.844. The maximum atomic E-state index is 13.1. The molecule has 0 unspecified atom stereocenters. The lowest BCUT2D eigenvalue weighted by Crippen LogP contribution is -2.42. The molecule has 1 aromatic heterocycles. The lowest BCUT2D eigenvalue weighted by molar-refractivity contribution is -0.0493. The van der Waals surface area contributed by atoms with Gasteiger partial charge in [-0.2, -0.15) is 0 Å². The van der Waals surface area contributed by atoms with Crippen molar-refractivity contribution in [3.05, 3.63) is 36.0 Å². The van der Waals surface area contributed by atoms with Crippen LogP contribution in [0.3, 0.4) is 0 Å². The van der Waals surface area contributed by atoms with Crippen molar-refractivity contribution in [3.63, 3.8) is 0 Å². The highest BCUT2D eigenvalue weighted by atomic mass is 19.3. The molecule has 1 N–H and O–H groups in total. The fourth-order valence-electron chi connectivity index (χ4n) is 2.46. The molecule has 1 fully saturated rings. The van der Waals surface area contributed by atoms with Crippen LogP contribution in [0.5, 0.6) is 0 Å². The van der Waals surface area contributed by atoms with E-state index in [1.165, 1.54) is 4.90 Å². The number of likely N-dealkylation sites (tertiary alicyclic amines) is 1. The highest BCUT2D eigenvalue weighted by Gasteiger charge is 2.36. The molecule has 5 heteroatoms. The van der Waals surface area contributed by atoms with E-state index >= 15 is 0 Å². The second kappa shape index (κ2) is 4.33. The Morgan fingerprint density at radius 1 is 1.21 bits per heavy atom. The summed E-state index contributed by atoms with van der Waals surface area (Å²) < 4.78 is 26.2. The van der Waals surface area contributed by atoms with E-state index in [1.54, 1.807) is 6.20 Å². The summed E-state index contributed by atoms with van der Waals surface area (Å²) in [4.78, 5) is 16.9. The van der Waals surface area contributed by atoms with Gasteiger partial charge in [0.25, 0.3) is 11.8 Å². The van der Waals surface area contributed by atoms with Crippen molar-refractivity contribution in [1.82, 2.24) is 9.88 Å². The van der Waals surface area contributed by atoms with Crippen molar-refractivity contribution in [3.8, 4) is 0 Å². The first-order chi connectivity index (χ1) is 9.07. The van der Waals surface area contributed by atoms with Gasteiger partial charge in [0.05, 0.1) is 5.56 Å². The van der Waals surface area contributed by atoms with Crippen LogP contribution in [0.1, 0.15) is 23.2 Å². The van der Waals surface area contributed by atoms with Gasteiger partial charge in [-0.05, 0) is 6.07 Å². The van der Waals surface area contributed by atoms with Gasteiger partial charge in [-0.15, -0.1) is 0 Å². The molecule has 2 aromatic rings. The summed E-state index contributed by atoms with van der Waals surface area (Å²) in [7, 11) is 0. The molecule has 1 aromatic carbocycles. The third-order valence-electron chi connectivity index (χ3n) is 3.60. The van der Waals surface area contributed by atoms with Gasteiger partial charge in [-0.1, -0.05) is 18.2 Å². The van der Waals surface area contributed by atoms with Crippen LogP contribution in [0, 0.1) is 0 Å². The van der Waals surface area contributed by atoms with Crippen LogP contribution < -0.4 is 0 Å². The number of H-pyrrole nitrogens is 1. The summed E-state index contributed by atoms with van der Waals surface area (Å²) in [6, 6.07) is 7.49. The Balaban J connectivity index is 1.85. The van der Waals surface area contributed by atoms with Crippen LogP contribution in [0.2, 0.25) is 0 Å². The van der Waals surface area contributed by atoms with Gasteiger partial charge in [0, 0.05) is 43.0 Å². The van der Waals surface area contributed by atoms with Crippen LogP contribution in [0.4, 0.5) is 8.78 Å². The second-order valence-electron chi connectivity index (χ2n) is 4.90. The molecular formula is C14H14F2N2O. The number of hydrogen-bond donors (Lipinski definition) is 1. The molecule has 0 bridgehead atoms. The van der Waals surface area contributed by atoms with E-state index in [2.05, 4.69) is 4.98 Å². The monoisotopic (exact) mass is 264 g/mol. The molecule has 2 heterocycles. The number of para-hydroxylation sites is 1. The Bertz CT molecular complexity index is 611. The van der Waals surface area contributed by atoms with E-state index < -0.39 is 5.92 Å². The number of carbonyl (C=O) groups excluding carboxylic acids is 1. The van der Waals surface area contributed by atoms with Gasteiger partial charge >= 0.3 is 0 Å². The molecule has 1 aliphatic heterocycles. The lowest BCUT2D eigenvalue weighted by atomic mass is 10.1. The lowest BCUT2D eigenvalue weighted by Gasteiger charge is -2.31. The summed E-state index contributed by atoms with van der Waals surface area (Å²) in [5, 5.41) is 0.838. The summed E-state index contributed by atoms with van der Waals surface area (Å²) in [6.45, 7) is 0.233. The average molecular weight is 264 g/mol. The molecular weight excluding hydrogens is 250 g/mol. The van der Waals surface area contributed by atoms with Gasteiger partial charge in [0.2, 0.25) is 0 Å². The largest absolute Gasteiger partial charge is 0.360 e. The molecule has 3 rings (SSSR count). The number of halogens is 2. The number of carbonyl (C=O) groups is 1. The van der Waals surface area contributed by atoms with Crippen molar-refractivity contribution in [2.75, 3.05) is 13.1 Å². The van der Waals surface area contributed by atoms with Gasteiger partial charge in [-0.25, -0.2) is 8.78 Å². The molecule has 0 radical (unpaired) electrons. The predicted octanol–water partition coefficient (Wildman–Crippen LogP) is 3.04. The van der Waals surface area contributed by atoms with Gasteiger partial charge in [-0.3, -0.25) is 4.79 Å². The van der Waals surface area contributed by atoms with Crippen molar-refractivity contribution in [1.29, 1.82) is 0 Å². The number of aromatic amines is 1. The van der Waals surface area contributed by atoms with E-state index in [0.29, 0.717) is 5.56 Å².